The van der Waals surface area contributed by atoms with Gasteiger partial charge in [0.1, 0.15) is 5.75 Å². The van der Waals surface area contributed by atoms with Crippen molar-refractivity contribution in [1.82, 2.24) is 0 Å². The topological polar surface area (TPSA) is 52.6 Å². The summed E-state index contributed by atoms with van der Waals surface area (Å²) in [7, 11) is 0. The number of hydrogen-bond donors (Lipinski definition) is 0. The molecule has 0 radical (unpaired) electrons. The quantitative estimate of drug-likeness (QED) is 0.451. The fraction of sp³-hybridized carbons (Fsp3) is 0.579. The Morgan fingerprint density at radius 2 is 1.83 bits per heavy atom. The Morgan fingerprint density at radius 3 is 2.48 bits per heavy atom. The second kappa shape index (κ2) is 8.70. The Kier molecular flexibility index (Phi) is 6.63. The van der Waals surface area contributed by atoms with Crippen LogP contribution in [0.2, 0.25) is 0 Å². The third-order valence-electron chi connectivity index (χ3n) is 4.32. The highest BCUT2D eigenvalue weighted by atomic mass is 16.5. The Balaban J connectivity index is 1.99. The fourth-order valence-electron chi connectivity index (χ4n) is 2.99. The maximum Gasteiger partial charge on any atom is 0.315 e. The standard InChI is InChI=1S/C19H26O4/c1-3-4-12-22-18(20)16-10-5-6-11-17(16)19(21)23-15-9-7-8-14(2)13-15/h7-9,13,16-17H,3-6,10-12H2,1-2H3. The maximum absolute atomic E-state index is 12.5. The van der Waals surface area contributed by atoms with Crippen molar-refractivity contribution < 1.29 is 19.1 Å². The van der Waals surface area contributed by atoms with Crippen molar-refractivity contribution in [3.63, 3.8) is 0 Å². The molecule has 1 aliphatic carbocycles. The largest absolute Gasteiger partial charge is 0.465 e. The number of benzene rings is 1. The van der Waals surface area contributed by atoms with Crippen LogP contribution in [0.15, 0.2) is 24.3 Å². The molecule has 4 heteroatoms. The van der Waals surface area contributed by atoms with Crippen molar-refractivity contribution in [2.75, 3.05) is 6.61 Å². The summed E-state index contributed by atoms with van der Waals surface area (Å²) >= 11 is 0. The van der Waals surface area contributed by atoms with E-state index < -0.39 is 5.92 Å². The smallest absolute Gasteiger partial charge is 0.315 e. The molecule has 0 N–H and O–H groups in total. The molecule has 23 heavy (non-hydrogen) atoms. The summed E-state index contributed by atoms with van der Waals surface area (Å²) < 4.78 is 10.8. The van der Waals surface area contributed by atoms with E-state index in [-0.39, 0.29) is 17.9 Å². The number of aryl methyl sites for hydroxylation is 1. The minimum absolute atomic E-state index is 0.246. The number of carbonyl (C=O) groups is 2. The Labute approximate surface area is 138 Å². The molecule has 4 nitrogen and oxygen atoms in total. The van der Waals surface area contributed by atoms with Gasteiger partial charge in [-0.05, 0) is 43.9 Å². The predicted molar refractivity (Wildman–Crippen MR) is 88.1 cm³/mol. The van der Waals surface area contributed by atoms with E-state index in [0.29, 0.717) is 25.2 Å². The van der Waals surface area contributed by atoms with Crippen LogP contribution in [0.25, 0.3) is 0 Å². The maximum atomic E-state index is 12.5. The van der Waals surface area contributed by atoms with Crippen molar-refractivity contribution in [1.29, 1.82) is 0 Å². The molecule has 1 aliphatic rings. The summed E-state index contributed by atoms with van der Waals surface area (Å²) in [4.78, 5) is 24.8. The first-order chi connectivity index (χ1) is 11.1. The Hall–Kier alpha value is -1.84. The van der Waals surface area contributed by atoms with Crippen molar-refractivity contribution in [3.05, 3.63) is 29.8 Å². The zero-order valence-corrected chi connectivity index (χ0v) is 14.0. The van der Waals surface area contributed by atoms with Gasteiger partial charge in [-0.2, -0.15) is 0 Å². The molecule has 126 valence electrons. The van der Waals surface area contributed by atoms with Gasteiger partial charge in [0.25, 0.3) is 0 Å². The van der Waals surface area contributed by atoms with Gasteiger partial charge in [0.15, 0.2) is 0 Å². The molecule has 1 fully saturated rings. The van der Waals surface area contributed by atoms with Gasteiger partial charge in [-0.15, -0.1) is 0 Å². The third kappa shape index (κ3) is 5.08. The van der Waals surface area contributed by atoms with Crippen molar-refractivity contribution in [2.24, 2.45) is 11.8 Å². The lowest BCUT2D eigenvalue weighted by Gasteiger charge is -2.28. The second-order valence-corrected chi connectivity index (χ2v) is 6.26. The van der Waals surface area contributed by atoms with Crippen LogP contribution in [0.3, 0.4) is 0 Å². The molecule has 1 aromatic carbocycles. The van der Waals surface area contributed by atoms with Crippen molar-refractivity contribution in [3.8, 4) is 5.75 Å². The van der Waals surface area contributed by atoms with Gasteiger partial charge in [-0.3, -0.25) is 9.59 Å². The summed E-state index contributed by atoms with van der Waals surface area (Å²) in [6, 6.07) is 7.40. The molecule has 0 saturated heterocycles. The van der Waals surface area contributed by atoms with Gasteiger partial charge in [-0.25, -0.2) is 0 Å². The average molecular weight is 318 g/mol. The third-order valence-corrected chi connectivity index (χ3v) is 4.32. The monoisotopic (exact) mass is 318 g/mol. The SMILES string of the molecule is CCCCOC(=O)C1CCCCC1C(=O)Oc1cccc(C)c1. The molecular weight excluding hydrogens is 292 g/mol. The van der Waals surface area contributed by atoms with Crippen molar-refractivity contribution in [2.45, 2.75) is 52.4 Å². The molecule has 2 atom stereocenters. The lowest BCUT2D eigenvalue weighted by Crippen LogP contribution is -2.36. The Bertz CT molecular complexity index is 538. The van der Waals surface area contributed by atoms with Crippen LogP contribution < -0.4 is 4.74 Å². The number of rotatable bonds is 6. The second-order valence-electron chi connectivity index (χ2n) is 6.26. The summed E-state index contributed by atoms with van der Waals surface area (Å²) in [5.74, 6) is -0.771. The van der Waals surface area contributed by atoms with Gasteiger partial charge in [0, 0.05) is 0 Å². The molecule has 0 aromatic heterocycles. The van der Waals surface area contributed by atoms with E-state index in [0.717, 1.165) is 31.2 Å². The van der Waals surface area contributed by atoms with E-state index in [9.17, 15) is 9.59 Å². The first-order valence-corrected chi connectivity index (χ1v) is 8.56. The summed E-state index contributed by atoms with van der Waals surface area (Å²) in [5.41, 5.74) is 1.04. The van der Waals surface area contributed by atoms with Crippen molar-refractivity contribution >= 4 is 11.9 Å². The first-order valence-electron chi connectivity index (χ1n) is 8.56. The van der Waals surface area contributed by atoms with Crippen LogP contribution in [0.5, 0.6) is 5.75 Å². The van der Waals surface area contributed by atoms with Gasteiger partial charge in [0.2, 0.25) is 0 Å². The number of hydrogen-bond acceptors (Lipinski definition) is 4. The lowest BCUT2D eigenvalue weighted by atomic mass is 9.79. The summed E-state index contributed by atoms with van der Waals surface area (Å²) in [6.07, 6.45) is 5.15. The molecule has 0 aliphatic heterocycles. The van der Waals surface area contributed by atoms with E-state index in [1.807, 2.05) is 25.1 Å². The fourth-order valence-corrected chi connectivity index (χ4v) is 2.99. The zero-order valence-electron chi connectivity index (χ0n) is 14.0. The molecule has 1 aromatic rings. The molecule has 1 saturated carbocycles. The minimum Gasteiger partial charge on any atom is -0.465 e. The minimum atomic E-state index is -0.390. The molecule has 0 amide bonds. The summed E-state index contributed by atoms with van der Waals surface area (Å²) in [5, 5.41) is 0. The van der Waals surface area contributed by atoms with Crippen LogP contribution in [0.1, 0.15) is 51.0 Å². The van der Waals surface area contributed by atoms with Crippen LogP contribution >= 0.6 is 0 Å². The predicted octanol–water partition coefficient (Wildman–Crippen LogP) is 4.05. The molecule has 0 bridgehead atoms. The van der Waals surface area contributed by atoms with Crippen LogP contribution in [0.4, 0.5) is 0 Å². The normalized spacial score (nSPS) is 20.8. The highest BCUT2D eigenvalue weighted by Gasteiger charge is 2.38. The number of carbonyl (C=O) groups excluding carboxylic acids is 2. The Morgan fingerprint density at radius 1 is 1.13 bits per heavy atom. The van der Waals surface area contributed by atoms with Gasteiger partial charge in [0.05, 0.1) is 18.4 Å². The van der Waals surface area contributed by atoms with Crippen LogP contribution in [-0.2, 0) is 14.3 Å². The highest BCUT2D eigenvalue weighted by Crippen LogP contribution is 2.32. The van der Waals surface area contributed by atoms with E-state index in [1.54, 1.807) is 6.07 Å². The molecule has 0 spiro atoms. The first kappa shape index (κ1) is 17.5. The molecular formula is C19H26O4. The van der Waals surface area contributed by atoms with Crippen LogP contribution in [-0.4, -0.2) is 18.5 Å². The highest BCUT2D eigenvalue weighted by molar-refractivity contribution is 5.83. The van der Waals surface area contributed by atoms with Gasteiger partial charge in [-0.1, -0.05) is 38.3 Å². The zero-order chi connectivity index (χ0) is 16.7. The molecule has 2 rings (SSSR count). The van der Waals surface area contributed by atoms with Crippen LogP contribution in [0, 0.1) is 18.8 Å². The van der Waals surface area contributed by atoms with E-state index >= 15 is 0 Å². The van der Waals surface area contributed by atoms with E-state index in [1.165, 1.54) is 0 Å². The van der Waals surface area contributed by atoms with E-state index in [4.69, 9.17) is 9.47 Å². The average Bonchev–Trinajstić information content (AvgIpc) is 2.55. The lowest BCUT2D eigenvalue weighted by molar-refractivity contribution is -0.158. The number of esters is 2. The van der Waals surface area contributed by atoms with Gasteiger partial charge < -0.3 is 9.47 Å². The van der Waals surface area contributed by atoms with E-state index in [2.05, 4.69) is 6.92 Å². The summed E-state index contributed by atoms with van der Waals surface area (Å²) in [6.45, 7) is 4.44. The number of ether oxygens (including phenoxy) is 2. The molecule has 2 unspecified atom stereocenters. The van der Waals surface area contributed by atoms with Gasteiger partial charge >= 0.3 is 11.9 Å². The number of unbranched alkanes of at least 4 members (excludes halogenated alkanes) is 1. The molecule has 0 heterocycles.